The number of amides is 3. The molecule has 0 aliphatic carbocycles. The van der Waals surface area contributed by atoms with E-state index in [1.54, 1.807) is 4.90 Å². The minimum atomic E-state index is -0.380. The summed E-state index contributed by atoms with van der Waals surface area (Å²) in [5.74, 6) is -0.221. The maximum absolute atomic E-state index is 12.9. The zero-order valence-electron chi connectivity index (χ0n) is 21.2. The molecule has 0 radical (unpaired) electrons. The highest BCUT2D eigenvalue weighted by molar-refractivity contribution is 7.15. The van der Waals surface area contributed by atoms with E-state index < -0.39 is 0 Å². The van der Waals surface area contributed by atoms with Crippen LogP contribution in [0.3, 0.4) is 0 Å². The van der Waals surface area contributed by atoms with Crippen LogP contribution in [0.5, 0.6) is 0 Å². The molecular formula is C26H36N6O3S. The quantitative estimate of drug-likeness (QED) is 0.562. The molecule has 3 amide bonds. The molecule has 0 bridgehead atoms. The van der Waals surface area contributed by atoms with Crippen LogP contribution in [0.25, 0.3) is 0 Å². The second-order valence-electron chi connectivity index (χ2n) is 9.90. The minimum absolute atomic E-state index is 0.0952. The average Bonchev–Trinajstić information content (AvgIpc) is 3.37. The lowest BCUT2D eigenvalue weighted by Crippen LogP contribution is -2.43. The summed E-state index contributed by atoms with van der Waals surface area (Å²) < 4.78 is 0. The number of carbonyl (C=O) groups is 3. The molecule has 2 fully saturated rings. The van der Waals surface area contributed by atoms with E-state index in [1.807, 2.05) is 31.2 Å². The lowest BCUT2D eigenvalue weighted by Gasteiger charge is -2.33. The molecule has 2 saturated heterocycles. The van der Waals surface area contributed by atoms with Gasteiger partial charge in [0.25, 0.3) is 11.8 Å². The maximum atomic E-state index is 12.9. The largest absolute Gasteiger partial charge is 0.355 e. The Labute approximate surface area is 216 Å². The summed E-state index contributed by atoms with van der Waals surface area (Å²) in [6, 6.07) is 8.06. The van der Waals surface area contributed by atoms with Crippen molar-refractivity contribution in [2.45, 2.75) is 58.4 Å². The first kappa shape index (κ1) is 26.2. The molecule has 9 nitrogen and oxygen atoms in total. The Hall–Kier alpha value is -2.85. The van der Waals surface area contributed by atoms with E-state index in [0.717, 1.165) is 42.8 Å². The number of anilines is 1. The van der Waals surface area contributed by atoms with Crippen molar-refractivity contribution in [1.82, 2.24) is 25.3 Å². The first-order chi connectivity index (χ1) is 17.4. The van der Waals surface area contributed by atoms with Gasteiger partial charge in [0.1, 0.15) is 0 Å². The Balaban J connectivity index is 1.18. The third-order valence-electron chi connectivity index (χ3n) is 7.15. The number of rotatable bonds is 8. The van der Waals surface area contributed by atoms with Gasteiger partial charge >= 0.3 is 0 Å². The third-order valence-corrected chi connectivity index (χ3v) is 8.06. The van der Waals surface area contributed by atoms with Gasteiger partial charge in [0.15, 0.2) is 0 Å². The number of nitrogens with one attached hydrogen (secondary N) is 2. The van der Waals surface area contributed by atoms with Crippen molar-refractivity contribution in [3.63, 3.8) is 0 Å². The zero-order chi connectivity index (χ0) is 25.5. The highest BCUT2D eigenvalue weighted by Crippen LogP contribution is 2.23. The summed E-state index contributed by atoms with van der Waals surface area (Å²) in [5.41, 5.74) is 1.77. The minimum Gasteiger partial charge on any atom is -0.355 e. The van der Waals surface area contributed by atoms with E-state index in [1.165, 1.54) is 19.3 Å². The van der Waals surface area contributed by atoms with Gasteiger partial charge < -0.3 is 15.5 Å². The van der Waals surface area contributed by atoms with Crippen LogP contribution in [-0.2, 0) is 4.79 Å². The summed E-state index contributed by atoms with van der Waals surface area (Å²) in [5, 5.41) is 14.1. The Morgan fingerprint density at radius 3 is 2.44 bits per heavy atom. The molecule has 10 heteroatoms. The molecular weight excluding hydrogens is 476 g/mol. The summed E-state index contributed by atoms with van der Waals surface area (Å²) in [6.45, 7) is 8.11. The van der Waals surface area contributed by atoms with Crippen molar-refractivity contribution in [1.29, 1.82) is 0 Å². The lowest BCUT2D eigenvalue weighted by molar-refractivity contribution is -0.122. The van der Waals surface area contributed by atoms with Gasteiger partial charge in [-0.1, -0.05) is 35.5 Å². The number of nitrogens with zero attached hydrogens (tertiary/aromatic N) is 4. The van der Waals surface area contributed by atoms with Gasteiger partial charge in [0.05, 0.1) is 0 Å². The van der Waals surface area contributed by atoms with Crippen LogP contribution in [-0.4, -0.2) is 76.5 Å². The molecule has 0 spiro atoms. The normalized spacial score (nSPS) is 19.2. The SMILES string of the molecule is Cc1ccc(NC(=O)c2nnc(C(=O)N3CCC(CC(=O)NCCN4CCCCC4C)CC3)s2)cc1. The van der Waals surface area contributed by atoms with Crippen LogP contribution in [0.2, 0.25) is 0 Å². The number of likely N-dealkylation sites (tertiary alicyclic amines) is 2. The molecule has 2 aromatic rings. The molecule has 1 atom stereocenters. The van der Waals surface area contributed by atoms with Crippen molar-refractivity contribution in [3.05, 3.63) is 39.8 Å². The van der Waals surface area contributed by atoms with Crippen LogP contribution in [0.1, 0.15) is 70.6 Å². The molecule has 4 rings (SSSR count). The molecule has 2 N–H and O–H groups in total. The predicted molar refractivity (Wildman–Crippen MR) is 140 cm³/mol. The second-order valence-corrected chi connectivity index (χ2v) is 10.9. The molecule has 36 heavy (non-hydrogen) atoms. The number of aromatic nitrogens is 2. The Morgan fingerprint density at radius 1 is 1.00 bits per heavy atom. The molecule has 2 aliphatic rings. The number of benzene rings is 1. The van der Waals surface area contributed by atoms with Crippen molar-refractivity contribution >= 4 is 34.7 Å². The molecule has 194 valence electrons. The van der Waals surface area contributed by atoms with Gasteiger partial charge in [0, 0.05) is 44.3 Å². The Bertz CT molecular complexity index is 1050. The van der Waals surface area contributed by atoms with Crippen molar-refractivity contribution < 1.29 is 14.4 Å². The topological polar surface area (TPSA) is 108 Å². The molecule has 2 aliphatic heterocycles. The van der Waals surface area contributed by atoms with E-state index in [9.17, 15) is 14.4 Å². The average molecular weight is 513 g/mol. The Kier molecular flexibility index (Phi) is 9.03. The molecule has 1 aromatic heterocycles. The molecule has 0 saturated carbocycles. The lowest BCUT2D eigenvalue weighted by atomic mass is 9.93. The van der Waals surface area contributed by atoms with Gasteiger partial charge in [-0.15, -0.1) is 10.2 Å². The smallest absolute Gasteiger partial charge is 0.286 e. The predicted octanol–water partition coefficient (Wildman–Crippen LogP) is 3.33. The van der Waals surface area contributed by atoms with Gasteiger partial charge in [-0.3, -0.25) is 19.3 Å². The second kappa shape index (κ2) is 12.4. The van der Waals surface area contributed by atoms with Gasteiger partial charge in [0.2, 0.25) is 15.9 Å². The first-order valence-electron chi connectivity index (χ1n) is 12.9. The summed E-state index contributed by atoms with van der Waals surface area (Å²) in [4.78, 5) is 42.0. The van der Waals surface area contributed by atoms with Crippen molar-refractivity contribution in [2.75, 3.05) is 38.0 Å². The summed E-state index contributed by atoms with van der Waals surface area (Å²) in [6.07, 6.45) is 5.84. The van der Waals surface area contributed by atoms with Gasteiger partial charge in [-0.2, -0.15) is 0 Å². The standard InChI is InChI=1S/C26H36N6O3S/c1-18-6-8-21(9-7-18)28-23(34)24-29-30-25(36-24)26(35)32-14-10-20(11-15-32)17-22(33)27-12-16-31-13-4-3-5-19(31)2/h6-9,19-20H,3-5,10-17H2,1-2H3,(H,27,33)(H,28,34). The number of aryl methyl sites for hydroxylation is 1. The number of piperidine rings is 2. The van der Waals surface area contributed by atoms with Crippen LogP contribution < -0.4 is 10.6 Å². The van der Waals surface area contributed by atoms with Gasteiger partial charge in [-0.25, -0.2) is 0 Å². The van der Waals surface area contributed by atoms with Crippen LogP contribution in [0.15, 0.2) is 24.3 Å². The first-order valence-corrected chi connectivity index (χ1v) is 13.7. The van der Waals surface area contributed by atoms with Crippen LogP contribution >= 0.6 is 11.3 Å². The van der Waals surface area contributed by atoms with Crippen LogP contribution in [0, 0.1) is 12.8 Å². The van der Waals surface area contributed by atoms with E-state index in [4.69, 9.17) is 0 Å². The highest BCUT2D eigenvalue weighted by Gasteiger charge is 2.28. The Morgan fingerprint density at radius 2 is 1.72 bits per heavy atom. The highest BCUT2D eigenvalue weighted by atomic mass is 32.1. The fourth-order valence-corrected chi connectivity index (χ4v) is 5.57. The fourth-order valence-electron chi connectivity index (χ4n) is 4.86. The third kappa shape index (κ3) is 7.10. The van der Waals surface area contributed by atoms with E-state index in [-0.39, 0.29) is 33.7 Å². The molecule has 1 aromatic carbocycles. The zero-order valence-corrected chi connectivity index (χ0v) is 22.0. The van der Waals surface area contributed by atoms with Crippen molar-refractivity contribution in [3.8, 4) is 0 Å². The fraction of sp³-hybridized carbons (Fsp3) is 0.577. The van der Waals surface area contributed by atoms with Gasteiger partial charge in [-0.05, 0) is 64.1 Å². The summed E-state index contributed by atoms with van der Waals surface area (Å²) >= 11 is 1.00. The van der Waals surface area contributed by atoms with E-state index >= 15 is 0 Å². The molecule has 1 unspecified atom stereocenters. The number of hydrogen-bond donors (Lipinski definition) is 2. The van der Waals surface area contributed by atoms with E-state index in [0.29, 0.717) is 37.8 Å². The number of hydrogen-bond acceptors (Lipinski definition) is 7. The van der Waals surface area contributed by atoms with Crippen molar-refractivity contribution in [2.24, 2.45) is 5.92 Å². The van der Waals surface area contributed by atoms with Crippen LogP contribution in [0.4, 0.5) is 5.69 Å². The molecule has 3 heterocycles. The summed E-state index contributed by atoms with van der Waals surface area (Å²) in [7, 11) is 0. The van der Waals surface area contributed by atoms with E-state index in [2.05, 4.69) is 32.7 Å². The monoisotopic (exact) mass is 512 g/mol. The number of carbonyl (C=O) groups excluding carboxylic acids is 3. The maximum Gasteiger partial charge on any atom is 0.286 e.